The van der Waals surface area contributed by atoms with Crippen LogP contribution in [0.15, 0.2) is 12.7 Å². The summed E-state index contributed by atoms with van der Waals surface area (Å²) < 4.78 is 9.58. The van der Waals surface area contributed by atoms with Gasteiger partial charge in [0.1, 0.15) is 6.61 Å². The summed E-state index contributed by atoms with van der Waals surface area (Å²) in [7, 11) is 2.96. The van der Waals surface area contributed by atoms with Crippen molar-refractivity contribution in [2.24, 2.45) is 0 Å². The molecule has 0 spiro atoms. The van der Waals surface area contributed by atoms with Crippen LogP contribution in [0, 0.1) is 0 Å². The van der Waals surface area contributed by atoms with E-state index in [0.29, 0.717) is 0 Å². The number of ether oxygens (including phenoxy) is 2. The summed E-state index contributed by atoms with van der Waals surface area (Å²) in [5.41, 5.74) is 2.11. The largest absolute Gasteiger partial charge is 0.353 e. The molecule has 0 atom stereocenters. The Labute approximate surface area is 71.2 Å². The molecule has 0 saturated carbocycles. The first kappa shape index (κ1) is 11.1. The SMILES string of the molecule is C=CC(=O)NOCC(OC)OC. The van der Waals surface area contributed by atoms with Crippen LogP contribution in [-0.2, 0) is 19.1 Å². The van der Waals surface area contributed by atoms with Crippen LogP contribution in [0.25, 0.3) is 0 Å². The molecule has 1 N–H and O–H groups in total. The van der Waals surface area contributed by atoms with Gasteiger partial charge in [0.2, 0.25) is 0 Å². The van der Waals surface area contributed by atoms with Gasteiger partial charge in [-0.15, -0.1) is 0 Å². The van der Waals surface area contributed by atoms with Crippen molar-refractivity contribution in [3.8, 4) is 0 Å². The van der Waals surface area contributed by atoms with Gasteiger partial charge < -0.3 is 9.47 Å². The van der Waals surface area contributed by atoms with Gasteiger partial charge in [-0.2, -0.15) is 0 Å². The van der Waals surface area contributed by atoms with Gasteiger partial charge in [-0.1, -0.05) is 6.58 Å². The molecule has 0 bridgehead atoms. The molecule has 0 aromatic heterocycles. The van der Waals surface area contributed by atoms with E-state index < -0.39 is 12.2 Å². The number of amides is 1. The summed E-state index contributed by atoms with van der Waals surface area (Å²) in [5.74, 6) is -0.402. The van der Waals surface area contributed by atoms with Crippen molar-refractivity contribution in [2.75, 3.05) is 20.8 Å². The highest BCUT2D eigenvalue weighted by Crippen LogP contribution is 1.89. The fourth-order valence-electron chi connectivity index (χ4n) is 0.455. The molecule has 0 unspecified atom stereocenters. The monoisotopic (exact) mass is 175 g/mol. The van der Waals surface area contributed by atoms with Gasteiger partial charge in [0, 0.05) is 14.2 Å². The van der Waals surface area contributed by atoms with E-state index in [0.717, 1.165) is 6.08 Å². The van der Waals surface area contributed by atoms with Crippen molar-refractivity contribution in [3.05, 3.63) is 12.7 Å². The van der Waals surface area contributed by atoms with Gasteiger partial charge in [0.05, 0.1) is 0 Å². The highest BCUT2D eigenvalue weighted by Gasteiger charge is 2.04. The zero-order chi connectivity index (χ0) is 9.40. The summed E-state index contributed by atoms with van der Waals surface area (Å²) in [6.07, 6.45) is 0.629. The number of hydroxylamine groups is 1. The molecule has 12 heavy (non-hydrogen) atoms. The first-order valence-corrected chi connectivity index (χ1v) is 3.34. The lowest BCUT2D eigenvalue weighted by Gasteiger charge is -2.12. The Morgan fingerprint density at radius 3 is 2.58 bits per heavy atom. The molecule has 0 aliphatic rings. The first-order valence-electron chi connectivity index (χ1n) is 3.34. The summed E-state index contributed by atoms with van der Waals surface area (Å²) in [4.78, 5) is 15.2. The van der Waals surface area contributed by atoms with E-state index >= 15 is 0 Å². The molecule has 0 aromatic rings. The van der Waals surface area contributed by atoms with Crippen LogP contribution in [0.1, 0.15) is 0 Å². The molecule has 0 radical (unpaired) electrons. The highest BCUT2D eigenvalue weighted by molar-refractivity contribution is 5.85. The second kappa shape index (κ2) is 6.78. The Morgan fingerprint density at radius 1 is 1.58 bits per heavy atom. The van der Waals surface area contributed by atoms with Crippen molar-refractivity contribution >= 4 is 5.91 Å². The van der Waals surface area contributed by atoms with E-state index in [4.69, 9.17) is 14.3 Å². The van der Waals surface area contributed by atoms with Crippen LogP contribution in [0.3, 0.4) is 0 Å². The van der Waals surface area contributed by atoms with E-state index in [2.05, 4.69) is 12.1 Å². The predicted molar refractivity (Wildman–Crippen MR) is 42.1 cm³/mol. The first-order chi connectivity index (χ1) is 5.74. The maximum absolute atomic E-state index is 10.5. The van der Waals surface area contributed by atoms with Gasteiger partial charge in [0.25, 0.3) is 5.91 Å². The van der Waals surface area contributed by atoms with Gasteiger partial charge >= 0.3 is 0 Å². The normalized spacial score (nSPS) is 9.92. The number of hydrogen-bond donors (Lipinski definition) is 1. The number of carbonyl (C=O) groups is 1. The topological polar surface area (TPSA) is 56.8 Å². The van der Waals surface area contributed by atoms with Crippen LogP contribution < -0.4 is 5.48 Å². The quantitative estimate of drug-likeness (QED) is 0.346. The van der Waals surface area contributed by atoms with Crippen LogP contribution >= 0.6 is 0 Å². The summed E-state index contributed by atoms with van der Waals surface area (Å²) >= 11 is 0. The molecule has 5 heteroatoms. The average Bonchev–Trinajstić information content (AvgIpc) is 2.12. The minimum Gasteiger partial charge on any atom is -0.353 e. The number of hydrogen-bond acceptors (Lipinski definition) is 4. The second-order valence-corrected chi connectivity index (χ2v) is 1.88. The van der Waals surface area contributed by atoms with Crippen molar-refractivity contribution < 1.29 is 19.1 Å². The average molecular weight is 175 g/mol. The van der Waals surface area contributed by atoms with Crippen LogP contribution in [0.5, 0.6) is 0 Å². The van der Waals surface area contributed by atoms with E-state index in [1.54, 1.807) is 0 Å². The molecule has 0 aromatic carbocycles. The minimum absolute atomic E-state index is 0.132. The van der Waals surface area contributed by atoms with E-state index in [9.17, 15) is 4.79 Å². The van der Waals surface area contributed by atoms with Crippen molar-refractivity contribution in [1.82, 2.24) is 5.48 Å². The number of carbonyl (C=O) groups excluding carboxylic acids is 1. The number of methoxy groups -OCH3 is 2. The Hall–Kier alpha value is -0.910. The fraction of sp³-hybridized carbons (Fsp3) is 0.571. The van der Waals surface area contributed by atoms with E-state index in [1.165, 1.54) is 14.2 Å². The molecule has 0 aliphatic carbocycles. The van der Waals surface area contributed by atoms with Gasteiger partial charge in [-0.05, 0) is 6.08 Å². The molecular formula is C7H13NO4. The third-order valence-electron chi connectivity index (χ3n) is 1.10. The van der Waals surface area contributed by atoms with Crippen LogP contribution in [0.4, 0.5) is 0 Å². The summed E-state index contributed by atoms with van der Waals surface area (Å²) in [5, 5.41) is 0. The predicted octanol–water partition coefficient (Wildman–Crippen LogP) is -0.161. The van der Waals surface area contributed by atoms with Crippen molar-refractivity contribution in [3.63, 3.8) is 0 Å². The summed E-state index contributed by atoms with van der Waals surface area (Å²) in [6, 6.07) is 0. The molecule has 0 rings (SSSR count). The molecule has 1 amide bonds. The molecule has 0 saturated heterocycles. The van der Waals surface area contributed by atoms with E-state index in [-0.39, 0.29) is 6.61 Å². The zero-order valence-electron chi connectivity index (χ0n) is 7.20. The standard InChI is InChI=1S/C7H13NO4/c1-4-6(9)8-12-5-7(10-2)11-3/h4,7H,1,5H2,2-3H3,(H,8,9). The smallest absolute Gasteiger partial charge is 0.266 e. The molecule has 0 aliphatic heterocycles. The number of rotatable bonds is 6. The molecule has 0 fully saturated rings. The van der Waals surface area contributed by atoms with Crippen molar-refractivity contribution in [2.45, 2.75) is 6.29 Å². The Morgan fingerprint density at radius 2 is 2.17 bits per heavy atom. The van der Waals surface area contributed by atoms with Crippen LogP contribution in [-0.4, -0.2) is 33.0 Å². The Bertz CT molecular complexity index is 144. The Kier molecular flexibility index (Phi) is 6.26. The Balaban J connectivity index is 3.40. The summed E-state index contributed by atoms with van der Waals surface area (Å²) in [6.45, 7) is 3.38. The van der Waals surface area contributed by atoms with Crippen molar-refractivity contribution in [1.29, 1.82) is 0 Å². The maximum Gasteiger partial charge on any atom is 0.266 e. The van der Waals surface area contributed by atoms with Crippen LogP contribution in [0.2, 0.25) is 0 Å². The molecule has 70 valence electrons. The fourth-order valence-corrected chi connectivity index (χ4v) is 0.455. The zero-order valence-corrected chi connectivity index (χ0v) is 7.20. The highest BCUT2D eigenvalue weighted by atomic mass is 16.7. The van der Waals surface area contributed by atoms with Gasteiger partial charge in [-0.25, -0.2) is 5.48 Å². The lowest BCUT2D eigenvalue weighted by atomic mass is 10.6. The number of nitrogens with one attached hydrogen (secondary N) is 1. The lowest BCUT2D eigenvalue weighted by molar-refractivity contribution is -0.162. The van der Waals surface area contributed by atoms with Gasteiger partial charge in [0.15, 0.2) is 6.29 Å². The maximum atomic E-state index is 10.5. The third-order valence-corrected chi connectivity index (χ3v) is 1.10. The minimum atomic E-state index is -0.477. The molecule has 0 heterocycles. The van der Waals surface area contributed by atoms with Gasteiger partial charge in [-0.3, -0.25) is 9.63 Å². The third kappa shape index (κ3) is 4.84. The molecule has 5 nitrogen and oxygen atoms in total. The second-order valence-electron chi connectivity index (χ2n) is 1.88. The lowest BCUT2D eigenvalue weighted by Crippen LogP contribution is -2.28. The van der Waals surface area contributed by atoms with E-state index in [1.807, 2.05) is 0 Å². The molecular weight excluding hydrogens is 162 g/mol.